The van der Waals surface area contributed by atoms with Crippen LogP contribution in [0.5, 0.6) is 0 Å². The average Bonchev–Trinajstić information content (AvgIpc) is 2.81. The number of hydrogen-bond acceptors (Lipinski definition) is 5. The number of alkyl carbamates (subject to hydrolysis) is 1. The van der Waals surface area contributed by atoms with E-state index in [4.69, 9.17) is 16.3 Å². The minimum absolute atomic E-state index is 0.143. The van der Waals surface area contributed by atoms with Crippen molar-refractivity contribution in [3.63, 3.8) is 0 Å². The van der Waals surface area contributed by atoms with Crippen molar-refractivity contribution < 1.29 is 14.3 Å². The van der Waals surface area contributed by atoms with Crippen molar-refractivity contribution in [1.29, 1.82) is 0 Å². The Morgan fingerprint density at radius 1 is 1.00 bits per heavy atom. The van der Waals surface area contributed by atoms with Crippen molar-refractivity contribution in [2.75, 3.05) is 23.9 Å². The second kappa shape index (κ2) is 15.8. The minimum Gasteiger partial charge on any atom is -0.445 e. The topological polar surface area (TPSA) is 67.4 Å². The molecular weight excluding hydrogens is 456 g/mol. The molecule has 0 saturated heterocycles. The van der Waals surface area contributed by atoms with Crippen LogP contribution >= 0.6 is 23.4 Å². The van der Waals surface area contributed by atoms with Gasteiger partial charge in [-0.1, -0.05) is 74.5 Å². The predicted octanol–water partition coefficient (Wildman–Crippen LogP) is 5.07. The normalized spacial score (nSPS) is 12.8. The molecule has 2 rings (SSSR count). The fourth-order valence-electron chi connectivity index (χ4n) is 3.46. The van der Waals surface area contributed by atoms with Gasteiger partial charge >= 0.3 is 6.09 Å². The van der Waals surface area contributed by atoms with Crippen LogP contribution in [0.15, 0.2) is 60.7 Å². The molecule has 33 heavy (non-hydrogen) atoms. The lowest BCUT2D eigenvalue weighted by molar-refractivity contribution is -0.118. The predicted molar refractivity (Wildman–Crippen MR) is 138 cm³/mol. The summed E-state index contributed by atoms with van der Waals surface area (Å²) in [6.07, 6.45) is 0.934. The quantitative estimate of drug-likeness (QED) is 0.269. The SMILES string of the molecule is CC(C)CC(CNC(Cc1ccccc1)C(=O)CSCCCl)NC(=O)OCc1ccccc1. The Morgan fingerprint density at radius 2 is 1.64 bits per heavy atom. The maximum absolute atomic E-state index is 12.9. The molecule has 7 heteroatoms. The molecule has 0 aliphatic rings. The monoisotopic (exact) mass is 490 g/mol. The average molecular weight is 491 g/mol. The van der Waals surface area contributed by atoms with Gasteiger partial charge in [0.2, 0.25) is 0 Å². The second-order valence-corrected chi connectivity index (χ2v) is 9.87. The van der Waals surface area contributed by atoms with Crippen LogP contribution < -0.4 is 10.6 Å². The van der Waals surface area contributed by atoms with E-state index < -0.39 is 6.09 Å². The molecule has 2 aromatic carbocycles. The number of thioether (sulfide) groups is 1. The van der Waals surface area contributed by atoms with E-state index in [-0.39, 0.29) is 24.5 Å². The number of rotatable bonds is 15. The molecule has 0 aliphatic heterocycles. The molecule has 0 aromatic heterocycles. The summed E-state index contributed by atoms with van der Waals surface area (Å²) in [6, 6.07) is 19.1. The second-order valence-electron chi connectivity index (χ2n) is 8.39. The summed E-state index contributed by atoms with van der Waals surface area (Å²) in [5, 5.41) is 6.38. The van der Waals surface area contributed by atoms with E-state index in [2.05, 4.69) is 24.5 Å². The van der Waals surface area contributed by atoms with Crippen molar-refractivity contribution in [1.82, 2.24) is 10.6 Å². The van der Waals surface area contributed by atoms with Gasteiger partial charge in [-0.3, -0.25) is 4.79 Å². The van der Waals surface area contributed by atoms with Gasteiger partial charge in [-0.05, 0) is 29.9 Å². The third-order valence-electron chi connectivity index (χ3n) is 5.04. The molecule has 180 valence electrons. The third-order valence-corrected chi connectivity index (χ3v) is 6.43. The largest absolute Gasteiger partial charge is 0.445 e. The van der Waals surface area contributed by atoms with Gasteiger partial charge in [-0.25, -0.2) is 4.79 Å². The minimum atomic E-state index is -0.449. The molecule has 0 spiro atoms. The van der Waals surface area contributed by atoms with Gasteiger partial charge in [0.25, 0.3) is 0 Å². The number of halogens is 1. The number of alkyl halides is 1. The maximum atomic E-state index is 12.9. The van der Waals surface area contributed by atoms with Gasteiger partial charge in [0.05, 0.1) is 11.8 Å². The lowest BCUT2D eigenvalue weighted by Gasteiger charge is -2.24. The van der Waals surface area contributed by atoms with Crippen LogP contribution in [0.3, 0.4) is 0 Å². The highest BCUT2D eigenvalue weighted by Gasteiger charge is 2.22. The Labute approximate surface area is 207 Å². The molecule has 1 amide bonds. The smallest absolute Gasteiger partial charge is 0.407 e. The van der Waals surface area contributed by atoms with Crippen molar-refractivity contribution in [3.8, 4) is 0 Å². The highest BCUT2D eigenvalue weighted by Crippen LogP contribution is 2.10. The van der Waals surface area contributed by atoms with Crippen LogP contribution in [0.25, 0.3) is 0 Å². The van der Waals surface area contributed by atoms with Crippen molar-refractivity contribution in [3.05, 3.63) is 71.8 Å². The molecule has 0 saturated carbocycles. The molecule has 0 heterocycles. The number of carbonyl (C=O) groups is 2. The third kappa shape index (κ3) is 11.6. The van der Waals surface area contributed by atoms with Crippen LogP contribution in [0.4, 0.5) is 4.79 Å². The lowest BCUT2D eigenvalue weighted by Crippen LogP contribution is -2.49. The Bertz CT molecular complexity index is 821. The van der Waals surface area contributed by atoms with E-state index in [0.29, 0.717) is 30.5 Å². The molecule has 0 radical (unpaired) electrons. The fraction of sp³-hybridized carbons (Fsp3) is 0.462. The van der Waals surface area contributed by atoms with Crippen LogP contribution in [-0.4, -0.2) is 47.9 Å². The summed E-state index contributed by atoms with van der Waals surface area (Å²) in [7, 11) is 0. The highest BCUT2D eigenvalue weighted by atomic mass is 35.5. The molecule has 2 N–H and O–H groups in total. The summed E-state index contributed by atoms with van der Waals surface area (Å²) in [5.41, 5.74) is 2.04. The molecule has 2 unspecified atom stereocenters. The summed E-state index contributed by atoms with van der Waals surface area (Å²) in [4.78, 5) is 25.3. The zero-order valence-electron chi connectivity index (χ0n) is 19.5. The van der Waals surface area contributed by atoms with E-state index in [1.54, 1.807) is 11.8 Å². The summed E-state index contributed by atoms with van der Waals surface area (Å²) in [5.74, 6) is 2.22. The van der Waals surface area contributed by atoms with E-state index in [9.17, 15) is 9.59 Å². The molecule has 0 fully saturated rings. The Kier molecular flexibility index (Phi) is 13.0. The van der Waals surface area contributed by atoms with Crippen molar-refractivity contribution >= 4 is 35.2 Å². The van der Waals surface area contributed by atoms with E-state index in [1.165, 1.54) is 0 Å². The molecule has 5 nitrogen and oxygen atoms in total. The number of carbonyl (C=O) groups excluding carboxylic acids is 2. The van der Waals surface area contributed by atoms with Gasteiger partial charge in [-0.15, -0.1) is 11.6 Å². The lowest BCUT2D eigenvalue weighted by atomic mass is 10.0. The first kappa shape index (κ1) is 27.2. The standard InChI is InChI=1S/C26H35ClN2O3S/c1-20(2)15-23(29-26(31)32-18-22-11-7-4-8-12-22)17-28-24(25(30)19-33-14-13-27)16-21-9-5-3-6-10-21/h3-12,20,23-24,28H,13-19H2,1-2H3,(H,29,31). The molecule has 0 bridgehead atoms. The first-order chi connectivity index (χ1) is 16.0. The Morgan fingerprint density at radius 3 is 2.24 bits per heavy atom. The van der Waals surface area contributed by atoms with E-state index in [0.717, 1.165) is 23.3 Å². The van der Waals surface area contributed by atoms with Gasteiger partial charge in [0, 0.05) is 24.2 Å². The number of ether oxygens (including phenoxy) is 1. The number of hydrogen-bond donors (Lipinski definition) is 2. The molecular formula is C26H35ClN2O3S. The Hall–Kier alpha value is -2.02. The van der Waals surface area contributed by atoms with Crippen molar-refractivity contribution in [2.45, 2.75) is 45.4 Å². The number of benzene rings is 2. The van der Waals surface area contributed by atoms with Crippen LogP contribution in [0, 0.1) is 5.92 Å². The highest BCUT2D eigenvalue weighted by molar-refractivity contribution is 8.00. The van der Waals surface area contributed by atoms with Crippen LogP contribution in [-0.2, 0) is 22.6 Å². The number of amides is 1. The van der Waals surface area contributed by atoms with Gasteiger partial charge in [0.15, 0.2) is 5.78 Å². The number of Topliss-reactive ketones (excluding diaryl/α,β-unsaturated/α-hetero) is 1. The summed E-state index contributed by atoms with van der Waals surface area (Å²) in [6.45, 7) is 4.93. The van der Waals surface area contributed by atoms with Gasteiger partial charge < -0.3 is 15.4 Å². The maximum Gasteiger partial charge on any atom is 0.407 e. The number of nitrogens with one attached hydrogen (secondary N) is 2. The molecule has 2 aromatic rings. The molecule has 0 aliphatic carbocycles. The first-order valence-electron chi connectivity index (χ1n) is 11.4. The summed E-state index contributed by atoms with van der Waals surface area (Å²) >= 11 is 7.31. The van der Waals surface area contributed by atoms with Gasteiger partial charge in [0.1, 0.15) is 6.61 Å². The van der Waals surface area contributed by atoms with Crippen LogP contribution in [0.2, 0.25) is 0 Å². The van der Waals surface area contributed by atoms with E-state index in [1.807, 2.05) is 60.7 Å². The molecule has 2 atom stereocenters. The zero-order chi connectivity index (χ0) is 23.9. The Balaban J connectivity index is 1.95. The first-order valence-corrected chi connectivity index (χ1v) is 13.1. The van der Waals surface area contributed by atoms with E-state index >= 15 is 0 Å². The van der Waals surface area contributed by atoms with Crippen molar-refractivity contribution in [2.24, 2.45) is 5.92 Å². The number of ketones is 1. The van der Waals surface area contributed by atoms with Gasteiger partial charge in [-0.2, -0.15) is 11.8 Å². The zero-order valence-corrected chi connectivity index (χ0v) is 21.0. The summed E-state index contributed by atoms with van der Waals surface area (Å²) < 4.78 is 5.39. The van der Waals surface area contributed by atoms with Crippen LogP contribution in [0.1, 0.15) is 31.4 Å². The fourth-order valence-corrected chi connectivity index (χ4v) is 4.44.